The molecule has 0 saturated carbocycles. The second-order valence-corrected chi connectivity index (χ2v) is 3.66. The molecule has 15 heavy (non-hydrogen) atoms. The largest absolute Gasteiger partial charge is 0.394 e. The van der Waals surface area contributed by atoms with Gasteiger partial charge in [-0.25, -0.2) is 9.97 Å². The van der Waals surface area contributed by atoms with Crippen molar-refractivity contribution in [2.24, 2.45) is 0 Å². The molecule has 0 saturated heterocycles. The number of aliphatic hydroxyl groups excluding tert-OH is 1. The molecule has 0 radical (unpaired) electrons. The summed E-state index contributed by atoms with van der Waals surface area (Å²) < 4.78 is 0. The first-order chi connectivity index (χ1) is 7.26. The molecule has 0 aliphatic heterocycles. The van der Waals surface area contributed by atoms with Crippen LogP contribution in [0.4, 0.5) is 0 Å². The predicted octanol–water partition coefficient (Wildman–Crippen LogP) is 1.12. The van der Waals surface area contributed by atoms with Crippen LogP contribution in [0.1, 0.15) is 32.5 Å². The van der Waals surface area contributed by atoms with E-state index in [-0.39, 0.29) is 12.1 Å². The normalized spacial score (nSPS) is 11.7. The van der Waals surface area contributed by atoms with Crippen LogP contribution in [0.5, 0.6) is 0 Å². The third-order valence-electron chi connectivity index (χ3n) is 2.90. The first-order valence-electron chi connectivity index (χ1n) is 5.38. The summed E-state index contributed by atoms with van der Waals surface area (Å²) in [6.45, 7) is 4.88. The molecule has 0 unspecified atom stereocenters. The molecule has 1 rings (SSSR count). The Balaban J connectivity index is 2.54. The van der Waals surface area contributed by atoms with Gasteiger partial charge in [-0.3, -0.25) is 0 Å². The van der Waals surface area contributed by atoms with Gasteiger partial charge in [0.1, 0.15) is 5.82 Å². The maximum absolute atomic E-state index is 9.35. The second kappa shape index (κ2) is 5.78. The lowest BCUT2D eigenvalue weighted by Gasteiger charge is -2.30. The minimum Gasteiger partial charge on any atom is -0.394 e. The van der Waals surface area contributed by atoms with E-state index in [9.17, 15) is 5.11 Å². The number of hydrogen-bond acceptors (Lipinski definition) is 4. The Hall–Kier alpha value is -1.00. The Bertz CT molecular complexity index is 264. The van der Waals surface area contributed by atoms with Crippen molar-refractivity contribution in [3.63, 3.8) is 0 Å². The van der Waals surface area contributed by atoms with Crippen LogP contribution < -0.4 is 5.32 Å². The average Bonchev–Trinajstić information content (AvgIpc) is 2.33. The average molecular weight is 209 g/mol. The summed E-state index contributed by atoms with van der Waals surface area (Å²) in [5, 5.41) is 12.7. The van der Waals surface area contributed by atoms with Crippen LogP contribution in [0.2, 0.25) is 0 Å². The van der Waals surface area contributed by atoms with Crippen molar-refractivity contribution in [2.75, 3.05) is 6.61 Å². The van der Waals surface area contributed by atoms with E-state index in [1.165, 1.54) is 0 Å². The van der Waals surface area contributed by atoms with E-state index < -0.39 is 0 Å². The minimum absolute atomic E-state index is 0.146. The molecule has 0 atom stereocenters. The van der Waals surface area contributed by atoms with Gasteiger partial charge in [-0.15, -0.1) is 0 Å². The van der Waals surface area contributed by atoms with Crippen LogP contribution in [0, 0.1) is 0 Å². The Morgan fingerprint density at radius 1 is 1.27 bits per heavy atom. The third-order valence-corrected chi connectivity index (χ3v) is 2.90. The van der Waals surface area contributed by atoms with E-state index in [4.69, 9.17) is 0 Å². The number of aromatic nitrogens is 2. The molecule has 84 valence electrons. The zero-order chi connectivity index (χ0) is 11.1. The summed E-state index contributed by atoms with van der Waals surface area (Å²) in [5.74, 6) is 0.761. The van der Waals surface area contributed by atoms with Crippen LogP contribution in [0.25, 0.3) is 0 Å². The Labute approximate surface area is 90.8 Å². The van der Waals surface area contributed by atoms with E-state index in [0.29, 0.717) is 6.54 Å². The molecule has 0 aromatic carbocycles. The van der Waals surface area contributed by atoms with Gasteiger partial charge in [-0.2, -0.15) is 0 Å². The Morgan fingerprint density at radius 3 is 2.33 bits per heavy atom. The van der Waals surface area contributed by atoms with Crippen molar-refractivity contribution in [1.82, 2.24) is 15.3 Å². The first-order valence-corrected chi connectivity index (χ1v) is 5.38. The highest BCUT2D eigenvalue weighted by Gasteiger charge is 2.24. The SMILES string of the molecule is CCC(CC)(CO)NCc1ncccn1. The van der Waals surface area contributed by atoms with Crippen LogP contribution in [0.3, 0.4) is 0 Å². The number of rotatable bonds is 6. The molecule has 0 amide bonds. The summed E-state index contributed by atoms with van der Waals surface area (Å²) in [5.41, 5.74) is -0.195. The van der Waals surface area contributed by atoms with Crippen molar-refractivity contribution in [2.45, 2.75) is 38.8 Å². The lowest BCUT2D eigenvalue weighted by Crippen LogP contribution is -2.47. The second-order valence-electron chi connectivity index (χ2n) is 3.66. The maximum atomic E-state index is 9.35. The Morgan fingerprint density at radius 2 is 1.87 bits per heavy atom. The number of nitrogens with zero attached hydrogens (tertiary/aromatic N) is 2. The molecule has 4 nitrogen and oxygen atoms in total. The standard InChI is InChI=1S/C11H19N3O/c1-3-11(4-2,9-15)14-8-10-12-6-5-7-13-10/h5-7,14-15H,3-4,8-9H2,1-2H3. The van der Waals surface area contributed by atoms with Gasteiger partial charge in [0.15, 0.2) is 0 Å². The molecule has 0 aliphatic carbocycles. The fourth-order valence-corrected chi connectivity index (χ4v) is 1.47. The molecule has 0 fully saturated rings. The van der Waals surface area contributed by atoms with E-state index in [2.05, 4.69) is 29.1 Å². The topological polar surface area (TPSA) is 58.0 Å². The lowest BCUT2D eigenvalue weighted by molar-refractivity contribution is 0.148. The molecular formula is C11H19N3O. The van der Waals surface area contributed by atoms with Gasteiger partial charge in [-0.05, 0) is 18.9 Å². The van der Waals surface area contributed by atoms with Crippen molar-refractivity contribution < 1.29 is 5.11 Å². The van der Waals surface area contributed by atoms with Gasteiger partial charge in [0.05, 0.1) is 13.2 Å². The van der Waals surface area contributed by atoms with Gasteiger partial charge < -0.3 is 10.4 Å². The van der Waals surface area contributed by atoms with Crippen LogP contribution in [-0.4, -0.2) is 27.2 Å². The van der Waals surface area contributed by atoms with E-state index >= 15 is 0 Å². The zero-order valence-electron chi connectivity index (χ0n) is 9.40. The number of hydrogen-bond donors (Lipinski definition) is 2. The predicted molar refractivity (Wildman–Crippen MR) is 59.3 cm³/mol. The van der Waals surface area contributed by atoms with Gasteiger partial charge in [-0.1, -0.05) is 13.8 Å². The van der Waals surface area contributed by atoms with Gasteiger partial charge >= 0.3 is 0 Å². The smallest absolute Gasteiger partial charge is 0.141 e. The molecule has 4 heteroatoms. The highest BCUT2D eigenvalue weighted by molar-refractivity contribution is 4.92. The number of nitrogens with one attached hydrogen (secondary N) is 1. The quantitative estimate of drug-likeness (QED) is 0.737. The molecule has 1 aromatic heterocycles. The third kappa shape index (κ3) is 3.25. The minimum atomic E-state index is -0.195. The fourth-order valence-electron chi connectivity index (χ4n) is 1.47. The fraction of sp³-hybridized carbons (Fsp3) is 0.636. The molecule has 1 heterocycles. The van der Waals surface area contributed by atoms with E-state index in [1.807, 2.05) is 0 Å². The highest BCUT2D eigenvalue weighted by Crippen LogP contribution is 2.14. The van der Waals surface area contributed by atoms with Crippen molar-refractivity contribution >= 4 is 0 Å². The lowest BCUT2D eigenvalue weighted by atomic mass is 9.94. The van der Waals surface area contributed by atoms with Crippen molar-refractivity contribution in [1.29, 1.82) is 0 Å². The monoisotopic (exact) mass is 209 g/mol. The summed E-state index contributed by atoms with van der Waals surface area (Å²) >= 11 is 0. The molecule has 0 aliphatic rings. The van der Waals surface area contributed by atoms with Crippen LogP contribution in [-0.2, 0) is 6.54 Å². The van der Waals surface area contributed by atoms with Gasteiger partial charge in [0.25, 0.3) is 0 Å². The summed E-state index contributed by atoms with van der Waals surface area (Å²) in [7, 11) is 0. The Kier molecular flexibility index (Phi) is 4.65. The van der Waals surface area contributed by atoms with Gasteiger partial charge in [0.2, 0.25) is 0 Å². The van der Waals surface area contributed by atoms with E-state index in [0.717, 1.165) is 18.7 Å². The highest BCUT2D eigenvalue weighted by atomic mass is 16.3. The number of aliphatic hydroxyl groups is 1. The molecule has 2 N–H and O–H groups in total. The van der Waals surface area contributed by atoms with E-state index in [1.54, 1.807) is 18.5 Å². The molecule has 0 spiro atoms. The van der Waals surface area contributed by atoms with Crippen LogP contribution in [0.15, 0.2) is 18.5 Å². The van der Waals surface area contributed by atoms with Crippen molar-refractivity contribution in [3.05, 3.63) is 24.3 Å². The van der Waals surface area contributed by atoms with Gasteiger partial charge in [0, 0.05) is 17.9 Å². The summed E-state index contributed by atoms with van der Waals surface area (Å²) in [4.78, 5) is 8.26. The summed E-state index contributed by atoms with van der Waals surface area (Å²) in [6.07, 6.45) is 5.24. The molecular weight excluding hydrogens is 190 g/mol. The first kappa shape index (κ1) is 12.1. The maximum Gasteiger partial charge on any atom is 0.141 e. The van der Waals surface area contributed by atoms with Crippen LogP contribution >= 0.6 is 0 Å². The molecule has 1 aromatic rings. The summed E-state index contributed by atoms with van der Waals surface area (Å²) in [6, 6.07) is 1.79. The molecule has 0 bridgehead atoms. The zero-order valence-corrected chi connectivity index (χ0v) is 9.40. The van der Waals surface area contributed by atoms with Crippen molar-refractivity contribution in [3.8, 4) is 0 Å².